The molecule has 0 aromatic carbocycles. The maximum atomic E-state index is 6.21. The van der Waals surface area contributed by atoms with Crippen molar-refractivity contribution in [2.24, 2.45) is 5.73 Å². The monoisotopic (exact) mass is 419 g/mol. The number of piperazine rings is 1. The fourth-order valence-corrected chi connectivity index (χ4v) is 4.31. The highest BCUT2D eigenvalue weighted by atomic mass is 16.5. The molecular formula is C22H25N7O2. The number of imidazole rings is 1. The lowest BCUT2D eigenvalue weighted by Gasteiger charge is -2.33. The molecule has 1 aliphatic heterocycles. The van der Waals surface area contributed by atoms with Crippen molar-refractivity contribution in [2.45, 2.75) is 25.0 Å². The smallest absolute Gasteiger partial charge is 0.232 e. The van der Waals surface area contributed by atoms with Crippen molar-refractivity contribution in [1.29, 1.82) is 0 Å². The van der Waals surface area contributed by atoms with E-state index in [1.807, 2.05) is 30.5 Å². The van der Waals surface area contributed by atoms with Gasteiger partial charge in [-0.15, -0.1) is 5.10 Å². The van der Waals surface area contributed by atoms with E-state index in [1.54, 1.807) is 10.7 Å². The van der Waals surface area contributed by atoms with Crippen molar-refractivity contribution >= 4 is 22.4 Å². The summed E-state index contributed by atoms with van der Waals surface area (Å²) in [5.41, 5.74) is 8.20. The maximum Gasteiger partial charge on any atom is 0.232 e. The summed E-state index contributed by atoms with van der Waals surface area (Å²) < 4.78 is 13.9. The third kappa shape index (κ3) is 3.30. The minimum absolute atomic E-state index is 0.135. The molecule has 1 saturated heterocycles. The Morgan fingerprint density at radius 3 is 2.74 bits per heavy atom. The van der Waals surface area contributed by atoms with Gasteiger partial charge in [0, 0.05) is 44.5 Å². The van der Waals surface area contributed by atoms with Crippen LogP contribution in [0.15, 0.2) is 41.1 Å². The normalized spacial score (nSPS) is 22.2. The Morgan fingerprint density at radius 2 is 1.94 bits per heavy atom. The molecule has 5 heterocycles. The van der Waals surface area contributed by atoms with Crippen molar-refractivity contribution in [1.82, 2.24) is 24.5 Å². The lowest BCUT2D eigenvalue weighted by molar-refractivity contribution is 0.0944. The first-order valence-corrected chi connectivity index (χ1v) is 10.7. The maximum absolute atomic E-state index is 6.21. The van der Waals surface area contributed by atoms with E-state index in [0.29, 0.717) is 11.6 Å². The molecule has 0 spiro atoms. The van der Waals surface area contributed by atoms with Crippen molar-refractivity contribution in [3.63, 3.8) is 0 Å². The van der Waals surface area contributed by atoms with Crippen LogP contribution in [0.3, 0.4) is 0 Å². The summed E-state index contributed by atoms with van der Waals surface area (Å²) in [6.45, 7) is 3.95. The molecule has 2 N–H and O–H groups in total. The minimum atomic E-state index is 0.135. The number of likely N-dealkylation sites (N-methyl/N-ethyl adjacent to an activating group) is 1. The van der Waals surface area contributed by atoms with Gasteiger partial charge in [0.25, 0.3) is 0 Å². The molecule has 31 heavy (non-hydrogen) atoms. The number of nitrogens with two attached hydrogens (primary N) is 1. The van der Waals surface area contributed by atoms with Crippen LogP contribution in [0.4, 0.5) is 5.82 Å². The third-order valence-electron chi connectivity index (χ3n) is 6.24. The third-order valence-corrected chi connectivity index (χ3v) is 6.24. The van der Waals surface area contributed by atoms with Crippen LogP contribution in [-0.2, 0) is 0 Å². The molecule has 0 bridgehead atoms. The Balaban J connectivity index is 1.36. The lowest BCUT2D eigenvalue weighted by atomic mass is 9.90. The van der Waals surface area contributed by atoms with Gasteiger partial charge < -0.3 is 24.7 Å². The second-order valence-corrected chi connectivity index (χ2v) is 8.50. The molecule has 0 radical (unpaired) electrons. The molecule has 160 valence electrons. The first kappa shape index (κ1) is 18.6. The molecule has 0 amide bonds. The number of ether oxygens (including phenoxy) is 1. The standard InChI is InChI=1S/C22H25N7O2/c1-27-6-8-28(9-7-27)22-16-12-19(31-18(16)4-5-24-22)17-13-25-20-2-3-21(26-29(17)20)30-15-10-14(23)11-15/h2-5,12-15H,6-11,23H2,1H3/t14-,15+. The number of furan rings is 1. The molecule has 1 aliphatic carbocycles. The highest BCUT2D eigenvalue weighted by Crippen LogP contribution is 2.33. The summed E-state index contributed by atoms with van der Waals surface area (Å²) in [6, 6.07) is 7.94. The topological polar surface area (TPSA) is 98.0 Å². The molecule has 1 saturated carbocycles. The second-order valence-electron chi connectivity index (χ2n) is 8.50. The highest BCUT2D eigenvalue weighted by molar-refractivity contribution is 5.92. The Hall–Kier alpha value is -3.17. The number of pyridine rings is 1. The average molecular weight is 419 g/mol. The number of anilines is 1. The molecular weight excluding hydrogens is 394 g/mol. The van der Waals surface area contributed by atoms with Gasteiger partial charge in [-0.25, -0.2) is 14.5 Å². The summed E-state index contributed by atoms with van der Waals surface area (Å²) in [6.07, 6.45) is 5.46. The lowest BCUT2D eigenvalue weighted by Crippen LogP contribution is -2.44. The average Bonchev–Trinajstić information content (AvgIpc) is 3.36. The Labute approximate surface area is 179 Å². The number of nitrogens with zero attached hydrogens (tertiary/aromatic N) is 6. The number of hydrogen-bond donors (Lipinski definition) is 1. The van der Waals surface area contributed by atoms with E-state index in [4.69, 9.17) is 14.9 Å². The van der Waals surface area contributed by atoms with Gasteiger partial charge in [-0.3, -0.25) is 0 Å². The van der Waals surface area contributed by atoms with Gasteiger partial charge in [0.2, 0.25) is 5.88 Å². The molecule has 2 aliphatic rings. The van der Waals surface area contributed by atoms with E-state index in [0.717, 1.165) is 67.1 Å². The predicted molar refractivity (Wildman–Crippen MR) is 117 cm³/mol. The zero-order valence-corrected chi connectivity index (χ0v) is 17.4. The van der Waals surface area contributed by atoms with E-state index in [9.17, 15) is 0 Å². The Kier molecular flexibility index (Phi) is 4.32. The van der Waals surface area contributed by atoms with E-state index in [1.165, 1.54) is 0 Å². The van der Waals surface area contributed by atoms with E-state index in [-0.39, 0.29) is 12.1 Å². The van der Waals surface area contributed by atoms with Crippen LogP contribution in [0.5, 0.6) is 5.88 Å². The molecule has 6 rings (SSSR count). The first-order chi connectivity index (χ1) is 15.1. The first-order valence-electron chi connectivity index (χ1n) is 10.7. The molecule has 4 aromatic rings. The molecule has 9 heteroatoms. The second kappa shape index (κ2) is 7.21. The van der Waals surface area contributed by atoms with E-state index in [2.05, 4.69) is 31.9 Å². The van der Waals surface area contributed by atoms with Crippen molar-refractivity contribution in [3.05, 3.63) is 36.7 Å². The molecule has 2 fully saturated rings. The van der Waals surface area contributed by atoms with E-state index >= 15 is 0 Å². The van der Waals surface area contributed by atoms with Crippen LogP contribution in [0.25, 0.3) is 28.1 Å². The van der Waals surface area contributed by atoms with Crippen LogP contribution in [0, 0.1) is 0 Å². The quantitative estimate of drug-likeness (QED) is 0.537. The van der Waals surface area contributed by atoms with Gasteiger partial charge in [-0.1, -0.05) is 0 Å². The Morgan fingerprint density at radius 1 is 1.10 bits per heavy atom. The van der Waals surface area contributed by atoms with Crippen molar-refractivity contribution in [2.75, 3.05) is 38.1 Å². The zero-order valence-electron chi connectivity index (χ0n) is 17.4. The summed E-state index contributed by atoms with van der Waals surface area (Å²) in [7, 11) is 2.15. The molecule has 0 unspecified atom stereocenters. The fraction of sp³-hybridized carbons (Fsp3) is 0.409. The van der Waals surface area contributed by atoms with Gasteiger partial charge >= 0.3 is 0 Å². The van der Waals surface area contributed by atoms with Crippen LogP contribution in [0.2, 0.25) is 0 Å². The zero-order chi connectivity index (χ0) is 20.9. The molecule has 0 atom stereocenters. The number of aromatic nitrogens is 4. The van der Waals surface area contributed by atoms with Crippen LogP contribution < -0.4 is 15.4 Å². The largest absolute Gasteiger partial charge is 0.473 e. The highest BCUT2D eigenvalue weighted by Gasteiger charge is 2.28. The van der Waals surface area contributed by atoms with Gasteiger partial charge in [0.1, 0.15) is 23.2 Å². The SMILES string of the molecule is CN1CCN(c2nccc3oc(-c4cnc5ccc(O[C@H]6C[C@@H](N)C6)nn45)cc23)CC1. The molecule has 4 aromatic heterocycles. The fourth-order valence-electron chi connectivity index (χ4n) is 4.31. The van der Waals surface area contributed by atoms with Crippen LogP contribution in [-0.4, -0.2) is 69.9 Å². The van der Waals surface area contributed by atoms with Crippen LogP contribution >= 0.6 is 0 Å². The Bertz CT molecular complexity index is 1240. The summed E-state index contributed by atoms with van der Waals surface area (Å²) in [5.74, 6) is 2.24. The van der Waals surface area contributed by atoms with E-state index < -0.39 is 0 Å². The van der Waals surface area contributed by atoms with Gasteiger partial charge in [-0.2, -0.15) is 0 Å². The molecule has 9 nitrogen and oxygen atoms in total. The summed E-state index contributed by atoms with van der Waals surface area (Å²) in [4.78, 5) is 13.8. The van der Waals surface area contributed by atoms with Crippen LogP contribution in [0.1, 0.15) is 12.8 Å². The minimum Gasteiger partial charge on any atom is -0.473 e. The number of fused-ring (bicyclic) bond motifs is 2. The number of rotatable bonds is 4. The van der Waals surface area contributed by atoms with Crippen molar-refractivity contribution in [3.8, 4) is 17.3 Å². The number of hydrogen-bond acceptors (Lipinski definition) is 8. The summed E-state index contributed by atoms with van der Waals surface area (Å²) in [5, 5.41) is 5.66. The predicted octanol–water partition coefficient (Wildman–Crippen LogP) is 2.16. The van der Waals surface area contributed by atoms with Gasteiger partial charge in [0.05, 0.1) is 11.6 Å². The van der Waals surface area contributed by atoms with Gasteiger partial charge in [-0.05, 0) is 38.1 Å². The van der Waals surface area contributed by atoms with Gasteiger partial charge in [0.15, 0.2) is 11.4 Å². The van der Waals surface area contributed by atoms with Crippen molar-refractivity contribution < 1.29 is 9.15 Å². The summed E-state index contributed by atoms with van der Waals surface area (Å²) >= 11 is 0.